The first-order chi connectivity index (χ1) is 14.2. The van der Waals surface area contributed by atoms with Crippen molar-refractivity contribution >= 4 is 17.1 Å². The molecule has 1 atom stereocenters. The van der Waals surface area contributed by atoms with Gasteiger partial charge in [-0.15, -0.1) is 0 Å². The molecule has 6 nitrogen and oxygen atoms in total. The first-order valence-electron chi connectivity index (χ1n) is 9.92. The predicted octanol–water partition coefficient (Wildman–Crippen LogP) is 3.45. The van der Waals surface area contributed by atoms with Crippen LogP contribution in [0.25, 0.3) is 5.52 Å². The van der Waals surface area contributed by atoms with E-state index in [2.05, 4.69) is 10.4 Å². The summed E-state index contributed by atoms with van der Waals surface area (Å²) < 4.78 is 29.7. The number of hydrogen-bond donors (Lipinski definition) is 2. The van der Waals surface area contributed by atoms with Crippen LogP contribution in [-0.2, 0) is 0 Å². The predicted molar refractivity (Wildman–Crippen MR) is 110 cm³/mol. The molecule has 1 saturated heterocycles. The quantitative estimate of drug-likeness (QED) is 0.671. The van der Waals surface area contributed by atoms with Crippen molar-refractivity contribution in [1.29, 1.82) is 0 Å². The van der Waals surface area contributed by atoms with Crippen LogP contribution in [0.5, 0.6) is 0 Å². The van der Waals surface area contributed by atoms with Gasteiger partial charge in [0.05, 0.1) is 28.9 Å². The zero-order valence-electron chi connectivity index (χ0n) is 16.9. The number of pyridine rings is 1. The molecule has 0 aliphatic carbocycles. The molecule has 0 spiro atoms. The van der Waals surface area contributed by atoms with Crippen LogP contribution in [0, 0.1) is 11.6 Å². The van der Waals surface area contributed by atoms with Crippen molar-refractivity contribution in [2.75, 3.05) is 18.0 Å². The highest BCUT2D eigenvalue weighted by atomic mass is 19.1. The Hall–Kier alpha value is -3.00. The van der Waals surface area contributed by atoms with E-state index in [1.807, 2.05) is 17.0 Å². The van der Waals surface area contributed by atoms with E-state index in [9.17, 15) is 18.7 Å². The molecule has 158 valence electrons. The third-order valence-corrected chi connectivity index (χ3v) is 5.33. The number of hydrogen-bond acceptors (Lipinski definition) is 4. The number of benzene rings is 1. The second kappa shape index (κ2) is 7.68. The fourth-order valence-electron chi connectivity index (χ4n) is 3.88. The maximum absolute atomic E-state index is 14.4. The molecule has 1 aliphatic heterocycles. The second-order valence-electron chi connectivity index (χ2n) is 8.29. The summed E-state index contributed by atoms with van der Waals surface area (Å²) in [6.07, 6.45) is 4.79. The van der Waals surface area contributed by atoms with E-state index >= 15 is 0 Å². The van der Waals surface area contributed by atoms with Gasteiger partial charge in [-0.3, -0.25) is 4.79 Å². The number of aromatic nitrogens is 2. The molecule has 1 amide bonds. The topological polar surface area (TPSA) is 69.9 Å². The summed E-state index contributed by atoms with van der Waals surface area (Å²) in [4.78, 5) is 14.6. The molecule has 30 heavy (non-hydrogen) atoms. The number of nitrogens with zero attached hydrogens (tertiary/aromatic N) is 3. The van der Waals surface area contributed by atoms with Gasteiger partial charge in [-0.1, -0.05) is 0 Å². The van der Waals surface area contributed by atoms with Crippen molar-refractivity contribution in [3.8, 4) is 0 Å². The van der Waals surface area contributed by atoms with E-state index in [1.54, 1.807) is 24.6 Å². The lowest BCUT2D eigenvalue weighted by Gasteiger charge is -2.27. The molecular formula is C22H24F2N4O2. The van der Waals surface area contributed by atoms with Crippen LogP contribution < -0.4 is 10.2 Å². The molecule has 0 saturated carbocycles. The summed E-state index contributed by atoms with van der Waals surface area (Å²) in [6.45, 7) is 4.03. The van der Waals surface area contributed by atoms with E-state index in [4.69, 9.17) is 0 Å². The minimum Gasteiger partial charge on any atom is -0.389 e. The first kappa shape index (κ1) is 20.3. The van der Waals surface area contributed by atoms with E-state index in [0.29, 0.717) is 29.6 Å². The van der Waals surface area contributed by atoms with Gasteiger partial charge in [0, 0.05) is 30.5 Å². The maximum atomic E-state index is 14.4. The Balaban J connectivity index is 1.66. The van der Waals surface area contributed by atoms with Gasteiger partial charge in [-0.05, 0) is 57.0 Å². The lowest BCUT2D eigenvalue weighted by molar-refractivity contribution is 0.0695. The summed E-state index contributed by atoms with van der Waals surface area (Å²) in [5.74, 6) is -1.22. The van der Waals surface area contributed by atoms with Crippen molar-refractivity contribution in [3.05, 3.63) is 65.5 Å². The smallest absolute Gasteiger partial charge is 0.255 e. The van der Waals surface area contributed by atoms with Crippen LogP contribution in [0.1, 0.15) is 48.7 Å². The minimum absolute atomic E-state index is 0.107. The molecular weight excluding hydrogens is 390 g/mol. The highest BCUT2D eigenvalue weighted by molar-refractivity contribution is 6.01. The molecule has 1 fully saturated rings. The highest BCUT2D eigenvalue weighted by Crippen LogP contribution is 2.38. The van der Waals surface area contributed by atoms with Crippen molar-refractivity contribution < 1.29 is 18.7 Å². The van der Waals surface area contributed by atoms with Crippen LogP contribution in [0.4, 0.5) is 14.5 Å². The number of fused-ring (bicyclic) bond motifs is 1. The molecule has 4 rings (SSSR count). The normalized spacial score (nSPS) is 17.0. The number of amides is 1. The zero-order chi connectivity index (χ0) is 21.5. The lowest BCUT2D eigenvalue weighted by Crippen LogP contribution is -2.38. The third-order valence-electron chi connectivity index (χ3n) is 5.33. The number of nitrogens with one attached hydrogen (secondary N) is 1. The Morgan fingerprint density at radius 3 is 2.87 bits per heavy atom. The molecule has 2 N–H and O–H groups in total. The molecule has 1 aromatic carbocycles. The van der Waals surface area contributed by atoms with Gasteiger partial charge in [0.1, 0.15) is 11.6 Å². The van der Waals surface area contributed by atoms with Crippen LogP contribution >= 0.6 is 0 Å². The van der Waals surface area contributed by atoms with E-state index in [-0.39, 0.29) is 18.5 Å². The van der Waals surface area contributed by atoms with Gasteiger partial charge in [-0.25, -0.2) is 13.3 Å². The van der Waals surface area contributed by atoms with Crippen LogP contribution in [-0.4, -0.2) is 39.3 Å². The molecule has 0 bridgehead atoms. The van der Waals surface area contributed by atoms with E-state index in [0.717, 1.165) is 24.2 Å². The SMILES string of the molecule is CC(C)(O)CNC(=O)c1cnn2ccc(N3CCCC3c3cc(F)ccc3F)cc12. The number of carbonyl (C=O) groups is 1. The van der Waals surface area contributed by atoms with E-state index < -0.39 is 17.2 Å². The third kappa shape index (κ3) is 4.00. The van der Waals surface area contributed by atoms with Crippen LogP contribution in [0.15, 0.2) is 42.7 Å². The fraction of sp³-hybridized carbons (Fsp3) is 0.364. The monoisotopic (exact) mass is 414 g/mol. The van der Waals surface area contributed by atoms with Crippen LogP contribution in [0.3, 0.4) is 0 Å². The molecule has 8 heteroatoms. The van der Waals surface area contributed by atoms with Crippen molar-refractivity contribution in [2.24, 2.45) is 0 Å². The minimum atomic E-state index is -1.03. The fourth-order valence-corrected chi connectivity index (χ4v) is 3.88. The van der Waals surface area contributed by atoms with Crippen LogP contribution in [0.2, 0.25) is 0 Å². The van der Waals surface area contributed by atoms with Gasteiger partial charge in [0.15, 0.2) is 0 Å². The largest absolute Gasteiger partial charge is 0.389 e. The number of aliphatic hydroxyl groups is 1. The Kier molecular flexibility index (Phi) is 5.19. The van der Waals surface area contributed by atoms with Gasteiger partial charge in [0.25, 0.3) is 5.91 Å². The second-order valence-corrected chi connectivity index (χ2v) is 8.29. The number of halogens is 2. The van der Waals surface area contributed by atoms with Crippen molar-refractivity contribution in [1.82, 2.24) is 14.9 Å². The summed E-state index contributed by atoms with van der Waals surface area (Å²) in [5, 5.41) is 16.8. The average molecular weight is 414 g/mol. The number of anilines is 1. The van der Waals surface area contributed by atoms with Crippen molar-refractivity contribution in [2.45, 2.75) is 38.3 Å². The first-order valence-corrected chi connectivity index (χ1v) is 9.92. The summed E-state index contributed by atoms with van der Waals surface area (Å²) >= 11 is 0. The standard InChI is InChI=1S/C22H24F2N4O2/c1-22(2,30)13-25-21(29)17-12-26-28-9-7-15(11-20(17)28)27-8-3-4-19(27)16-10-14(23)5-6-18(16)24/h5-7,9-12,19,30H,3-4,8,13H2,1-2H3,(H,25,29). The van der Waals surface area contributed by atoms with Gasteiger partial charge in [0.2, 0.25) is 0 Å². The van der Waals surface area contributed by atoms with Gasteiger partial charge < -0.3 is 15.3 Å². The Labute approximate surface area is 173 Å². The number of rotatable bonds is 5. The molecule has 1 aliphatic rings. The Bertz CT molecular complexity index is 1090. The van der Waals surface area contributed by atoms with Gasteiger partial charge in [-0.2, -0.15) is 5.10 Å². The summed E-state index contributed by atoms with van der Waals surface area (Å²) in [6, 6.07) is 6.95. The molecule has 0 radical (unpaired) electrons. The molecule has 3 aromatic rings. The van der Waals surface area contributed by atoms with E-state index in [1.165, 1.54) is 12.3 Å². The zero-order valence-corrected chi connectivity index (χ0v) is 16.9. The Morgan fingerprint density at radius 1 is 1.30 bits per heavy atom. The molecule has 1 unspecified atom stereocenters. The van der Waals surface area contributed by atoms with Crippen molar-refractivity contribution in [3.63, 3.8) is 0 Å². The molecule has 2 aromatic heterocycles. The lowest BCUT2D eigenvalue weighted by atomic mass is 10.0. The Morgan fingerprint density at radius 2 is 2.10 bits per heavy atom. The molecule has 3 heterocycles. The maximum Gasteiger partial charge on any atom is 0.255 e. The average Bonchev–Trinajstić information content (AvgIpc) is 3.34. The highest BCUT2D eigenvalue weighted by Gasteiger charge is 2.29. The summed E-state index contributed by atoms with van der Waals surface area (Å²) in [7, 11) is 0. The van der Waals surface area contributed by atoms with Gasteiger partial charge >= 0.3 is 0 Å². The summed E-state index contributed by atoms with van der Waals surface area (Å²) in [5.41, 5.74) is 1.11. The number of carbonyl (C=O) groups excluding carboxylic acids is 1.